The van der Waals surface area contributed by atoms with Crippen LogP contribution in [0.2, 0.25) is 0 Å². The number of nitrogens with one attached hydrogen (secondary N) is 1. The highest BCUT2D eigenvalue weighted by Crippen LogP contribution is 2.19. The lowest BCUT2D eigenvalue weighted by Gasteiger charge is -2.09. The van der Waals surface area contributed by atoms with Gasteiger partial charge in [-0.05, 0) is 43.3 Å². The zero-order valence-corrected chi connectivity index (χ0v) is 14.6. The summed E-state index contributed by atoms with van der Waals surface area (Å²) in [6.45, 7) is 2.38. The molecule has 0 bridgehead atoms. The van der Waals surface area contributed by atoms with Crippen LogP contribution < -0.4 is 10.1 Å². The van der Waals surface area contributed by atoms with Gasteiger partial charge in [0.05, 0.1) is 24.8 Å². The van der Waals surface area contributed by atoms with Gasteiger partial charge in [0.15, 0.2) is 0 Å². The molecule has 2 aromatic carbocycles. The van der Waals surface area contributed by atoms with Gasteiger partial charge in [-0.25, -0.2) is 4.98 Å². The summed E-state index contributed by atoms with van der Waals surface area (Å²) in [5.41, 5.74) is 1.93. The number of hydrogen-bond donors (Lipinski definition) is 1. The quantitative estimate of drug-likeness (QED) is 0.689. The molecule has 0 aliphatic heterocycles. The van der Waals surface area contributed by atoms with Crippen molar-refractivity contribution in [2.24, 2.45) is 0 Å². The lowest BCUT2D eigenvalue weighted by atomic mass is 10.3. The van der Waals surface area contributed by atoms with E-state index < -0.39 is 11.9 Å². The summed E-state index contributed by atoms with van der Waals surface area (Å²) in [5, 5.41) is 2.79. The van der Waals surface area contributed by atoms with E-state index in [9.17, 15) is 9.59 Å². The third-order valence-electron chi connectivity index (χ3n) is 3.80. The predicted molar refractivity (Wildman–Crippen MR) is 97.3 cm³/mol. The molecule has 0 aliphatic carbocycles. The van der Waals surface area contributed by atoms with Crippen molar-refractivity contribution in [1.29, 1.82) is 0 Å². The number of imidazole rings is 1. The molecule has 0 unspecified atom stereocenters. The van der Waals surface area contributed by atoms with E-state index in [1.165, 1.54) is 7.11 Å². The topological polar surface area (TPSA) is 82.5 Å². The fourth-order valence-corrected chi connectivity index (χ4v) is 2.59. The van der Waals surface area contributed by atoms with E-state index in [2.05, 4.69) is 10.3 Å². The summed E-state index contributed by atoms with van der Waals surface area (Å²) >= 11 is 0. The van der Waals surface area contributed by atoms with Crippen molar-refractivity contribution in [2.45, 2.75) is 13.5 Å². The number of hydrogen-bond acceptors (Lipinski definition) is 5. The van der Waals surface area contributed by atoms with Crippen molar-refractivity contribution >= 4 is 28.6 Å². The molecule has 0 radical (unpaired) electrons. The van der Waals surface area contributed by atoms with E-state index in [0.717, 1.165) is 5.75 Å². The second-order valence-electron chi connectivity index (χ2n) is 5.50. The zero-order valence-electron chi connectivity index (χ0n) is 14.6. The first-order chi connectivity index (χ1) is 12.6. The summed E-state index contributed by atoms with van der Waals surface area (Å²) in [6.07, 6.45) is 0. The first-order valence-electron chi connectivity index (χ1n) is 8.18. The fraction of sp³-hybridized carbons (Fsp3) is 0.211. The van der Waals surface area contributed by atoms with Crippen LogP contribution >= 0.6 is 0 Å². The minimum atomic E-state index is -0.455. The number of ether oxygens (including phenoxy) is 2. The molecular formula is C19H19N3O4. The lowest BCUT2D eigenvalue weighted by molar-refractivity contribution is -0.141. The number of methoxy groups -OCH3 is 1. The van der Waals surface area contributed by atoms with Gasteiger partial charge in [-0.15, -0.1) is 0 Å². The number of carbonyl (C=O) groups is 2. The summed E-state index contributed by atoms with van der Waals surface area (Å²) < 4.78 is 11.7. The largest absolute Gasteiger partial charge is 0.494 e. The number of nitrogens with zero attached hydrogens (tertiary/aromatic N) is 2. The Labute approximate surface area is 150 Å². The molecular weight excluding hydrogens is 334 g/mol. The monoisotopic (exact) mass is 353 g/mol. The average Bonchev–Trinajstić information content (AvgIpc) is 3.02. The number of benzene rings is 2. The number of esters is 1. The molecule has 0 spiro atoms. The van der Waals surface area contributed by atoms with Crippen molar-refractivity contribution in [3.05, 3.63) is 54.4 Å². The molecule has 3 aromatic rings. The summed E-state index contributed by atoms with van der Waals surface area (Å²) in [5.74, 6) is 0.00597. The molecule has 0 aliphatic rings. The molecule has 7 nitrogen and oxygen atoms in total. The first-order valence-corrected chi connectivity index (χ1v) is 8.18. The first kappa shape index (κ1) is 17.5. The Kier molecular flexibility index (Phi) is 5.17. The molecule has 0 atom stereocenters. The van der Waals surface area contributed by atoms with Gasteiger partial charge in [-0.2, -0.15) is 0 Å². The normalized spacial score (nSPS) is 10.5. The van der Waals surface area contributed by atoms with E-state index in [1.54, 1.807) is 41.0 Å². The van der Waals surface area contributed by atoms with Gasteiger partial charge in [0.25, 0.3) is 5.91 Å². The molecule has 3 rings (SSSR count). The standard InChI is InChI=1S/C19H19N3O4/c1-3-26-14-10-8-13(9-11-14)20-19(24)18-21-15-6-4-5-7-16(15)22(18)12-17(23)25-2/h4-11H,3,12H2,1-2H3,(H,20,24). The highest BCUT2D eigenvalue weighted by molar-refractivity contribution is 6.04. The lowest BCUT2D eigenvalue weighted by Crippen LogP contribution is -2.21. The SMILES string of the molecule is CCOc1ccc(NC(=O)c2nc3ccccc3n2CC(=O)OC)cc1. The molecule has 1 amide bonds. The molecule has 1 aromatic heterocycles. The van der Waals surface area contributed by atoms with Gasteiger partial charge in [-0.1, -0.05) is 12.1 Å². The van der Waals surface area contributed by atoms with Crippen molar-refractivity contribution in [3.63, 3.8) is 0 Å². The summed E-state index contributed by atoms with van der Waals surface area (Å²) in [7, 11) is 1.31. The number of aromatic nitrogens is 2. The van der Waals surface area contributed by atoms with Crippen LogP contribution in [0.15, 0.2) is 48.5 Å². The molecule has 26 heavy (non-hydrogen) atoms. The highest BCUT2D eigenvalue weighted by atomic mass is 16.5. The molecule has 7 heteroatoms. The maximum absolute atomic E-state index is 12.7. The molecule has 134 valence electrons. The van der Waals surface area contributed by atoms with Gasteiger partial charge in [0, 0.05) is 5.69 Å². The van der Waals surface area contributed by atoms with Gasteiger partial charge in [-0.3, -0.25) is 9.59 Å². The number of amides is 1. The molecule has 1 heterocycles. The second kappa shape index (κ2) is 7.69. The Hall–Kier alpha value is -3.35. The Bertz CT molecular complexity index is 932. The predicted octanol–water partition coefficient (Wildman–Crippen LogP) is 2.86. The Morgan fingerprint density at radius 1 is 1.12 bits per heavy atom. The third kappa shape index (κ3) is 3.66. The smallest absolute Gasteiger partial charge is 0.325 e. The van der Waals surface area contributed by atoms with Crippen molar-refractivity contribution < 1.29 is 19.1 Å². The van der Waals surface area contributed by atoms with Crippen LogP contribution in [0.1, 0.15) is 17.5 Å². The highest BCUT2D eigenvalue weighted by Gasteiger charge is 2.19. The third-order valence-corrected chi connectivity index (χ3v) is 3.80. The van der Waals surface area contributed by atoms with Gasteiger partial charge in [0.2, 0.25) is 5.82 Å². The van der Waals surface area contributed by atoms with E-state index in [4.69, 9.17) is 9.47 Å². The molecule has 0 saturated heterocycles. The van der Waals surface area contributed by atoms with Crippen LogP contribution in [0.4, 0.5) is 5.69 Å². The van der Waals surface area contributed by atoms with Crippen LogP contribution in [0, 0.1) is 0 Å². The van der Waals surface area contributed by atoms with E-state index >= 15 is 0 Å². The van der Waals surface area contributed by atoms with Crippen molar-refractivity contribution in [1.82, 2.24) is 9.55 Å². The minimum Gasteiger partial charge on any atom is -0.494 e. The summed E-state index contributed by atoms with van der Waals surface area (Å²) in [4.78, 5) is 28.8. The molecule has 0 fully saturated rings. The van der Waals surface area contributed by atoms with Crippen LogP contribution in [-0.4, -0.2) is 35.1 Å². The number of fused-ring (bicyclic) bond motifs is 1. The zero-order chi connectivity index (χ0) is 18.5. The number of rotatable bonds is 6. The molecule has 1 N–H and O–H groups in total. The number of carbonyl (C=O) groups excluding carboxylic acids is 2. The van der Waals surface area contributed by atoms with Gasteiger partial charge < -0.3 is 19.4 Å². The second-order valence-corrected chi connectivity index (χ2v) is 5.50. The Balaban J connectivity index is 1.89. The number of anilines is 1. The van der Waals surface area contributed by atoms with Crippen LogP contribution in [0.25, 0.3) is 11.0 Å². The van der Waals surface area contributed by atoms with Gasteiger partial charge in [0.1, 0.15) is 12.3 Å². The van der Waals surface area contributed by atoms with Gasteiger partial charge >= 0.3 is 5.97 Å². The Morgan fingerprint density at radius 2 is 1.85 bits per heavy atom. The maximum atomic E-state index is 12.7. The van der Waals surface area contributed by atoms with Crippen LogP contribution in [0.3, 0.4) is 0 Å². The average molecular weight is 353 g/mol. The fourth-order valence-electron chi connectivity index (χ4n) is 2.59. The molecule has 0 saturated carbocycles. The van der Waals surface area contributed by atoms with E-state index in [-0.39, 0.29) is 12.4 Å². The maximum Gasteiger partial charge on any atom is 0.325 e. The van der Waals surface area contributed by atoms with Crippen molar-refractivity contribution in [2.75, 3.05) is 19.0 Å². The minimum absolute atomic E-state index is 0.0942. The van der Waals surface area contributed by atoms with Crippen molar-refractivity contribution in [3.8, 4) is 5.75 Å². The van der Waals surface area contributed by atoms with E-state index in [0.29, 0.717) is 23.3 Å². The van der Waals surface area contributed by atoms with E-state index in [1.807, 2.05) is 19.1 Å². The van der Waals surface area contributed by atoms with Crippen LogP contribution in [-0.2, 0) is 16.1 Å². The summed E-state index contributed by atoms with van der Waals surface area (Å²) in [6, 6.07) is 14.3. The number of para-hydroxylation sites is 2. The Morgan fingerprint density at radius 3 is 2.54 bits per heavy atom. The van der Waals surface area contributed by atoms with Crippen LogP contribution in [0.5, 0.6) is 5.75 Å².